The van der Waals surface area contributed by atoms with E-state index in [0.29, 0.717) is 18.7 Å². The molecular formula is C18H26N2O3. The molecule has 0 saturated carbocycles. The van der Waals surface area contributed by atoms with Crippen molar-refractivity contribution in [3.05, 3.63) is 23.5 Å². The highest BCUT2D eigenvalue weighted by molar-refractivity contribution is 5.98. The summed E-state index contributed by atoms with van der Waals surface area (Å²) in [4.78, 5) is 30.6. The summed E-state index contributed by atoms with van der Waals surface area (Å²) in [6.45, 7) is 12.1. The number of ether oxygens (including phenoxy) is 1. The predicted octanol–water partition coefficient (Wildman–Crippen LogP) is 4.10. The number of carbonyl (C=O) groups excluding carboxylic acids is 2. The maximum Gasteiger partial charge on any atom is 0.414 e. The molecular weight excluding hydrogens is 292 g/mol. The molecule has 0 spiro atoms. The van der Waals surface area contributed by atoms with Crippen molar-refractivity contribution in [1.29, 1.82) is 0 Å². The average Bonchev–Trinajstić information content (AvgIpc) is 2.69. The minimum Gasteiger partial charge on any atom is -0.443 e. The molecule has 0 N–H and O–H groups in total. The van der Waals surface area contributed by atoms with Gasteiger partial charge in [0.15, 0.2) is 5.78 Å². The van der Waals surface area contributed by atoms with E-state index in [-0.39, 0.29) is 17.3 Å². The molecule has 0 radical (unpaired) electrons. The molecule has 126 valence electrons. The molecule has 0 bridgehead atoms. The molecule has 1 aromatic heterocycles. The SMILES string of the molecule is CCCC(=O)c1cc2c(cn1)C(C)(C)CN2C(=O)OC(C)(C)C. The second-order valence-corrected chi connectivity index (χ2v) is 7.71. The minimum absolute atomic E-state index is 0.00384. The lowest BCUT2D eigenvalue weighted by molar-refractivity contribution is 0.0579. The van der Waals surface area contributed by atoms with Gasteiger partial charge in [0.2, 0.25) is 0 Å². The topological polar surface area (TPSA) is 59.5 Å². The second kappa shape index (κ2) is 5.95. The molecule has 0 atom stereocenters. The Hall–Kier alpha value is -1.91. The summed E-state index contributed by atoms with van der Waals surface area (Å²) < 4.78 is 5.50. The van der Waals surface area contributed by atoms with E-state index in [0.717, 1.165) is 17.7 Å². The van der Waals surface area contributed by atoms with Crippen LogP contribution < -0.4 is 4.90 Å². The van der Waals surface area contributed by atoms with Crippen molar-refractivity contribution < 1.29 is 14.3 Å². The first kappa shape index (κ1) is 17.4. The van der Waals surface area contributed by atoms with Crippen molar-refractivity contribution in [2.45, 2.75) is 65.4 Å². The molecule has 5 heteroatoms. The lowest BCUT2D eigenvalue weighted by atomic mass is 9.88. The molecule has 1 aromatic rings. The predicted molar refractivity (Wildman–Crippen MR) is 90.1 cm³/mol. The van der Waals surface area contributed by atoms with Crippen LogP contribution in [-0.2, 0) is 10.2 Å². The number of pyridine rings is 1. The van der Waals surface area contributed by atoms with Crippen molar-refractivity contribution in [2.24, 2.45) is 0 Å². The lowest BCUT2D eigenvalue weighted by Crippen LogP contribution is -2.38. The zero-order valence-corrected chi connectivity index (χ0v) is 14.9. The van der Waals surface area contributed by atoms with Crippen LogP contribution in [0.25, 0.3) is 0 Å². The van der Waals surface area contributed by atoms with Gasteiger partial charge in [0, 0.05) is 30.1 Å². The first-order chi connectivity index (χ1) is 10.5. The normalized spacial score (nSPS) is 16.2. The van der Waals surface area contributed by atoms with Gasteiger partial charge in [-0.1, -0.05) is 20.8 Å². The molecule has 0 saturated heterocycles. The number of amides is 1. The van der Waals surface area contributed by atoms with Crippen LogP contribution >= 0.6 is 0 Å². The van der Waals surface area contributed by atoms with E-state index in [2.05, 4.69) is 18.8 Å². The van der Waals surface area contributed by atoms with E-state index >= 15 is 0 Å². The standard InChI is InChI=1S/C18H26N2O3/c1-7-8-15(21)13-9-14-12(10-19-13)18(5,6)11-20(14)16(22)23-17(2,3)4/h9-10H,7-8,11H2,1-6H3. The van der Waals surface area contributed by atoms with E-state index in [9.17, 15) is 9.59 Å². The zero-order chi connectivity index (χ0) is 17.4. The van der Waals surface area contributed by atoms with E-state index < -0.39 is 5.60 Å². The molecule has 1 aliphatic heterocycles. The summed E-state index contributed by atoms with van der Waals surface area (Å²) in [5.74, 6) is 0.00384. The van der Waals surface area contributed by atoms with Crippen LogP contribution in [0.1, 0.15) is 70.4 Å². The van der Waals surface area contributed by atoms with Gasteiger partial charge >= 0.3 is 6.09 Å². The zero-order valence-electron chi connectivity index (χ0n) is 14.9. The van der Waals surface area contributed by atoms with Gasteiger partial charge in [0.05, 0.1) is 5.69 Å². The fourth-order valence-corrected chi connectivity index (χ4v) is 2.74. The molecule has 0 unspecified atom stereocenters. The van der Waals surface area contributed by atoms with Gasteiger partial charge in [0.25, 0.3) is 0 Å². The number of Topliss-reactive ketones (excluding diaryl/α,β-unsaturated/α-hetero) is 1. The third-order valence-electron chi connectivity index (χ3n) is 3.83. The minimum atomic E-state index is -0.558. The average molecular weight is 318 g/mol. The molecule has 5 nitrogen and oxygen atoms in total. The third-order valence-corrected chi connectivity index (χ3v) is 3.83. The van der Waals surface area contributed by atoms with Crippen LogP contribution in [-0.4, -0.2) is 29.0 Å². The first-order valence-corrected chi connectivity index (χ1v) is 8.09. The number of aromatic nitrogens is 1. The number of nitrogens with zero attached hydrogens (tertiary/aromatic N) is 2. The van der Waals surface area contributed by atoms with Crippen molar-refractivity contribution in [1.82, 2.24) is 4.98 Å². The summed E-state index contributed by atoms with van der Waals surface area (Å²) in [6.07, 6.45) is 2.58. The Morgan fingerprint density at radius 2 is 2.00 bits per heavy atom. The Labute approximate surface area is 138 Å². The Balaban J connectivity index is 2.39. The van der Waals surface area contributed by atoms with Crippen LogP contribution in [0, 0.1) is 0 Å². The Bertz CT molecular complexity index is 630. The Morgan fingerprint density at radius 1 is 1.35 bits per heavy atom. The van der Waals surface area contributed by atoms with Crippen molar-refractivity contribution in [2.75, 3.05) is 11.4 Å². The number of ketones is 1. The molecule has 2 rings (SSSR count). The Morgan fingerprint density at radius 3 is 2.57 bits per heavy atom. The van der Waals surface area contributed by atoms with E-state index in [4.69, 9.17) is 4.74 Å². The van der Waals surface area contributed by atoms with Gasteiger partial charge < -0.3 is 4.74 Å². The third kappa shape index (κ3) is 3.71. The highest BCUT2D eigenvalue weighted by Gasteiger charge is 2.40. The van der Waals surface area contributed by atoms with Gasteiger partial charge in [0.1, 0.15) is 11.3 Å². The first-order valence-electron chi connectivity index (χ1n) is 8.09. The smallest absolute Gasteiger partial charge is 0.414 e. The molecule has 0 aliphatic carbocycles. The van der Waals surface area contributed by atoms with Gasteiger partial charge in [-0.3, -0.25) is 14.7 Å². The number of hydrogen-bond acceptors (Lipinski definition) is 4. The maximum atomic E-state index is 12.5. The summed E-state index contributed by atoms with van der Waals surface area (Å²) in [5.41, 5.74) is 1.34. The molecule has 0 fully saturated rings. The fourth-order valence-electron chi connectivity index (χ4n) is 2.74. The monoisotopic (exact) mass is 318 g/mol. The number of anilines is 1. The summed E-state index contributed by atoms with van der Waals surface area (Å²) in [7, 11) is 0. The lowest BCUT2D eigenvalue weighted by Gasteiger charge is -2.26. The van der Waals surface area contributed by atoms with Crippen LogP contribution in [0.2, 0.25) is 0 Å². The van der Waals surface area contributed by atoms with E-state index in [1.807, 2.05) is 27.7 Å². The van der Waals surface area contributed by atoms with Gasteiger partial charge in [-0.15, -0.1) is 0 Å². The molecule has 2 heterocycles. The van der Waals surface area contributed by atoms with Crippen LogP contribution in [0.4, 0.5) is 10.5 Å². The van der Waals surface area contributed by atoms with Crippen LogP contribution in [0.3, 0.4) is 0 Å². The molecule has 1 aliphatic rings. The largest absolute Gasteiger partial charge is 0.443 e. The summed E-state index contributed by atoms with van der Waals surface area (Å²) in [5, 5.41) is 0. The van der Waals surface area contributed by atoms with Crippen molar-refractivity contribution in [3.8, 4) is 0 Å². The molecule has 23 heavy (non-hydrogen) atoms. The quantitative estimate of drug-likeness (QED) is 0.787. The second-order valence-electron chi connectivity index (χ2n) is 7.71. The maximum absolute atomic E-state index is 12.5. The fraction of sp³-hybridized carbons (Fsp3) is 0.611. The van der Waals surface area contributed by atoms with Crippen molar-refractivity contribution in [3.63, 3.8) is 0 Å². The highest BCUT2D eigenvalue weighted by atomic mass is 16.6. The number of rotatable bonds is 3. The van der Waals surface area contributed by atoms with E-state index in [1.165, 1.54) is 0 Å². The summed E-state index contributed by atoms with van der Waals surface area (Å²) >= 11 is 0. The van der Waals surface area contributed by atoms with Crippen LogP contribution in [0.5, 0.6) is 0 Å². The van der Waals surface area contributed by atoms with Crippen LogP contribution in [0.15, 0.2) is 12.3 Å². The van der Waals surface area contributed by atoms with Gasteiger partial charge in [-0.2, -0.15) is 0 Å². The number of hydrogen-bond donors (Lipinski definition) is 0. The van der Waals surface area contributed by atoms with Gasteiger partial charge in [-0.05, 0) is 33.3 Å². The van der Waals surface area contributed by atoms with E-state index in [1.54, 1.807) is 17.2 Å². The van der Waals surface area contributed by atoms with Gasteiger partial charge in [-0.25, -0.2) is 4.79 Å². The molecule has 0 aromatic carbocycles. The number of carbonyl (C=O) groups is 2. The molecule has 1 amide bonds. The highest BCUT2D eigenvalue weighted by Crippen LogP contribution is 2.41. The number of fused-ring (bicyclic) bond motifs is 1. The summed E-state index contributed by atoms with van der Waals surface area (Å²) in [6, 6.07) is 1.73. The Kier molecular flexibility index (Phi) is 4.51. The van der Waals surface area contributed by atoms with Crippen molar-refractivity contribution >= 4 is 17.6 Å².